The zero-order valence-electron chi connectivity index (χ0n) is 12.2. The van der Waals surface area contributed by atoms with E-state index >= 15 is 0 Å². The van der Waals surface area contributed by atoms with Gasteiger partial charge in [-0.1, -0.05) is 56.3 Å². The molecule has 0 bridgehead atoms. The molecule has 0 fully saturated rings. The van der Waals surface area contributed by atoms with Gasteiger partial charge in [-0.15, -0.1) is 0 Å². The molecule has 0 aliphatic heterocycles. The van der Waals surface area contributed by atoms with Gasteiger partial charge in [0.25, 0.3) is 0 Å². The highest BCUT2D eigenvalue weighted by molar-refractivity contribution is 5.85. The Bertz CT molecular complexity index is 851. The second-order valence-electron chi connectivity index (χ2n) is 6.29. The molecule has 3 aromatic rings. The van der Waals surface area contributed by atoms with Crippen molar-refractivity contribution < 1.29 is 5.11 Å². The van der Waals surface area contributed by atoms with Crippen LogP contribution in [-0.2, 0) is 5.41 Å². The molecule has 0 saturated carbocycles. The third kappa shape index (κ3) is 1.66. The molecule has 104 valence electrons. The second-order valence-corrected chi connectivity index (χ2v) is 6.29. The van der Waals surface area contributed by atoms with Gasteiger partial charge in [0.05, 0.1) is 17.3 Å². The van der Waals surface area contributed by atoms with Crippen molar-refractivity contribution in [1.82, 2.24) is 4.98 Å². The third-order valence-electron chi connectivity index (χ3n) is 4.61. The van der Waals surface area contributed by atoms with Gasteiger partial charge in [0.15, 0.2) is 0 Å². The van der Waals surface area contributed by atoms with Crippen LogP contribution >= 0.6 is 0 Å². The molecule has 0 unspecified atom stereocenters. The fraction of sp³-hybridized carbons (Fsp3) is 0.211. The van der Waals surface area contributed by atoms with Gasteiger partial charge in [-0.05, 0) is 17.7 Å². The minimum absolute atomic E-state index is 0.312. The first kappa shape index (κ1) is 12.5. The molecular formula is C19H17NO. The summed E-state index contributed by atoms with van der Waals surface area (Å²) in [6.45, 7) is 4.18. The second kappa shape index (κ2) is 4.15. The summed E-state index contributed by atoms with van der Waals surface area (Å²) < 4.78 is 0. The molecule has 1 atom stereocenters. The molecule has 2 heteroatoms. The zero-order valence-corrected chi connectivity index (χ0v) is 12.2. The van der Waals surface area contributed by atoms with Gasteiger partial charge >= 0.3 is 0 Å². The van der Waals surface area contributed by atoms with E-state index < -0.39 is 6.10 Å². The van der Waals surface area contributed by atoms with Crippen LogP contribution in [0.3, 0.4) is 0 Å². The van der Waals surface area contributed by atoms with Crippen molar-refractivity contribution in [3.8, 4) is 11.3 Å². The molecule has 0 amide bonds. The summed E-state index contributed by atoms with van der Waals surface area (Å²) >= 11 is 0. The average molecular weight is 275 g/mol. The van der Waals surface area contributed by atoms with E-state index in [0.29, 0.717) is 0 Å². The van der Waals surface area contributed by atoms with Crippen molar-refractivity contribution in [1.29, 1.82) is 0 Å². The van der Waals surface area contributed by atoms with Gasteiger partial charge in [0.2, 0.25) is 0 Å². The number of aliphatic hydroxyl groups excluding tert-OH is 1. The summed E-state index contributed by atoms with van der Waals surface area (Å²) in [5.74, 6) is 0. The Kier molecular flexibility index (Phi) is 2.48. The lowest BCUT2D eigenvalue weighted by Crippen LogP contribution is -2.31. The number of aliphatic hydroxyl groups is 1. The van der Waals surface area contributed by atoms with Crippen LogP contribution in [0.2, 0.25) is 0 Å². The number of aromatic nitrogens is 1. The monoisotopic (exact) mass is 275 g/mol. The fourth-order valence-corrected chi connectivity index (χ4v) is 3.34. The molecule has 2 nitrogen and oxygen atoms in total. The van der Waals surface area contributed by atoms with Crippen molar-refractivity contribution in [2.45, 2.75) is 25.4 Å². The summed E-state index contributed by atoms with van der Waals surface area (Å²) in [5, 5.41) is 11.9. The minimum atomic E-state index is -0.542. The number of hydrogen-bond donors (Lipinski definition) is 1. The molecule has 1 aliphatic carbocycles. The molecule has 4 rings (SSSR count). The Balaban J connectivity index is 2.12. The van der Waals surface area contributed by atoms with Crippen molar-refractivity contribution in [2.75, 3.05) is 0 Å². The first-order chi connectivity index (χ1) is 10.1. The fourth-order valence-electron chi connectivity index (χ4n) is 3.34. The highest BCUT2D eigenvalue weighted by Crippen LogP contribution is 2.48. The van der Waals surface area contributed by atoms with Gasteiger partial charge in [-0.2, -0.15) is 0 Å². The zero-order chi connectivity index (χ0) is 14.6. The predicted molar refractivity (Wildman–Crippen MR) is 85.2 cm³/mol. The summed E-state index contributed by atoms with van der Waals surface area (Å²) in [5.41, 5.74) is 4.79. The van der Waals surface area contributed by atoms with Crippen molar-refractivity contribution >= 4 is 10.9 Å². The summed E-state index contributed by atoms with van der Waals surface area (Å²) in [4.78, 5) is 4.81. The van der Waals surface area contributed by atoms with Crippen LogP contribution < -0.4 is 0 Å². The van der Waals surface area contributed by atoms with Crippen LogP contribution in [-0.4, -0.2) is 10.1 Å². The van der Waals surface area contributed by atoms with Crippen LogP contribution in [0.4, 0.5) is 0 Å². The minimum Gasteiger partial charge on any atom is -0.387 e. The van der Waals surface area contributed by atoms with E-state index in [1.165, 1.54) is 0 Å². The highest BCUT2D eigenvalue weighted by Gasteiger charge is 2.39. The number of rotatable bonds is 0. The number of benzene rings is 2. The lowest BCUT2D eigenvalue weighted by molar-refractivity contribution is 0.0983. The Hall–Kier alpha value is -2.19. The maximum atomic E-state index is 10.9. The first-order valence-electron chi connectivity index (χ1n) is 7.26. The topological polar surface area (TPSA) is 33.1 Å². The van der Waals surface area contributed by atoms with Gasteiger partial charge in [0, 0.05) is 21.9 Å². The standard InChI is InChI=1S/C19H17NO/c1-19(2)15-9-5-4-8-13(15)17-14(18(19)21)11-12-7-3-6-10-16(12)20-17/h3-11,18,21H,1-2H3/t18-/m1/s1. The number of fused-ring (bicyclic) bond motifs is 4. The highest BCUT2D eigenvalue weighted by atomic mass is 16.3. The van der Waals surface area contributed by atoms with E-state index in [1.54, 1.807) is 0 Å². The smallest absolute Gasteiger partial charge is 0.0902 e. The number of para-hydroxylation sites is 1. The maximum Gasteiger partial charge on any atom is 0.0902 e. The van der Waals surface area contributed by atoms with Gasteiger partial charge in [-0.25, -0.2) is 4.98 Å². The van der Waals surface area contributed by atoms with E-state index in [0.717, 1.165) is 33.3 Å². The largest absolute Gasteiger partial charge is 0.387 e. The van der Waals surface area contributed by atoms with Gasteiger partial charge in [0.1, 0.15) is 0 Å². The Morgan fingerprint density at radius 2 is 1.71 bits per heavy atom. The number of pyridine rings is 1. The maximum absolute atomic E-state index is 10.9. The molecule has 1 aromatic heterocycles. The third-order valence-corrected chi connectivity index (χ3v) is 4.61. The van der Waals surface area contributed by atoms with Crippen molar-refractivity contribution in [3.05, 3.63) is 65.7 Å². The lowest BCUT2D eigenvalue weighted by atomic mass is 9.69. The molecular weight excluding hydrogens is 258 g/mol. The quantitative estimate of drug-likeness (QED) is 0.666. The summed E-state index contributed by atoms with van der Waals surface area (Å²) in [7, 11) is 0. The van der Waals surface area contributed by atoms with E-state index in [4.69, 9.17) is 4.98 Å². The van der Waals surface area contributed by atoms with Crippen LogP contribution in [0.25, 0.3) is 22.2 Å². The molecule has 1 N–H and O–H groups in total. The normalized spacial score (nSPS) is 19.1. The van der Waals surface area contributed by atoms with Crippen LogP contribution in [0.1, 0.15) is 31.1 Å². The van der Waals surface area contributed by atoms with E-state index in [2.05, 4.69) is 32.0 Å². The molecule has 21 heavy (non-hydrogen) atoms. The van der Waals surface area contributed by atoms with Crippen LogP contribution in [0.15, 0.2) is 54.6 Å². The molecule has 0 spiro atoms. The lowest BCUT2D eigenvalue weighted by Gasteiger charge is -2.38. The molecule has 0 saturated heterocycles. The Labute approximate surface area is 124 Å². The average Bonchev–Trinajstić information content (AvgIpc) is 2.52. The Morgan fingerprint density at radius 1 is 1.00 bits per heavy atom. The van der Waals surface area contributed by atoms with Crippen molar-refractivity contribution in [2.24, 2.45) is 0 Å². The van der Waals surface area contributed by atoms with E-state index in [1.807, 2.05) is 36.4 Å². The van der Waals surface area contributed by atoms with Gasteiger partial charge < -0.3 is 5.11 Å². The molecule has 2 aromatic carbocycles. The first-order valence-corrected chi connectivity index (χ1v) is 7.26. The SMILES string of the molecule is CC1(C)c2ccccc2-c2nc3ccccc3cc2[C@H]1O. The number of hydrogen-bond acceptors (Lipinski definition) is 2. The van der Waals surface area contributed by atoms with E-state index in [-0.39, 0.29) is 5.41 Å². The molecule has 1 aliphatic rings. The van der Waals surface area contributed by atoms with E-state index in [9.17, 15) is 5.11 Å². The summed E-state index contributed by atoms with van der Waals surface area (Å²) in [6, 6.07) is 18.4. The van der Waals surface area contributed by atoms with Crippen LogP contribution in [0, 0.1) is 0 Å². The van der Waals surface area contributed by atoms with Crippen LogP contribution in [0.5, 0.6) is 0 Å². The van der Waals surface area contributed by atoms with Gasteiger partial charge in [-0.3, -0.25) is 0 Å². The number of nitrogens with zero attached hydrogens (tertiary/aromatic N) is 1. The molecule has 0 radical (unpaired) electrons. The van der Waals surface area contributed by atoms with Crippen molar-refractivity contribution in [3.63, 3.8) is 0 Å². The predicted octanol–water partition coefficient (Wildman–Crippen LogP) is 4.23. The summed E-state index contributed by atoms with van der Waals surface area (Å²) in [6.07, 6.45) is -0.542. The Morgan fingerprint density at radius 3 is 2.57 bits per heavy atom. The molecule has 1 heterocycles.